The summed E-state index contributed by atoms with van der Waals surface area (Å²) < 4.78 is 0. The maximum absolute atomic E-state index is 14.1. The van der Waals surface area contributed by atoms with Crippen molar-refractivity contribution < 1.29 is 14.7 Å². The fraction of sp³-hybridized carbons (Fsp3) is 0.303. The normalized spacial score (nSPS) is 18.0. The van der Waals surface area contributed by atoms with Gasteiger partial charge in [0.15, 0.2) is 5.96 Å². The minimum Gasteiger partial charge on any atom is -0.508 e. The highest BCUT2D eigenvalue weighted by Gasteiger charge is 2.37. The molecule has 1 heterocycles. The van der Waals surface area contributed by atoms with Crippen molar-refractivity contribution in [1.82, 2.24) is 20.9 Å². The largest absolute Gasteiger partial charge is 0.508 e. The second-order valence-electron chi connectivity index (χ2n) is 10.5. The van der Waals surface area contributed by atoms with Crippen molar-refractivity contribution in [1.29, 1.82) is 5.41 Å². The molecule has 1 fully saturated rings. The van der Waals surface area contributed by atoms with E-state index in [1.807, 2.05) is 48.2 Å². The zero-order valence-corrected chi connectivity index (χ0v) is 23.9. The van der Waals surface area contributed by atoms with Gasteiger partial charge in [-0.3, -0.25) is 20.3 Å². The van der Waals surface area contributed by atoms with Gasteiger partial charge < -0.3 is 26.4 Å². The average Bonchev–Trinajstić information content (AvgIpc) is 3.16. The maximum atomic E-state index is 14.1. The fourth-order valence-corrected chi connectivity index (χ4v) is 5.31. The lowest BCUT2D eigenvalue weighted by Crippen LogP contribution is -2.60. The minimum atomic E-state index is -0.636. The Morgan fingerprint density at radius 2 is 1.69 bits per heavy atom. The molecule has 3 aromatic rings. The van der Waals surface area contributed by atoms with Gasteiger partial charge in [0.25, 0.3) is 0 Å². The molecule has 0 radical (unpaired) electrons. The molecular weight excluding hydrogens is 528 g/mol. The van der Waals surface area contributed by atoms with Crippen LogP contribution in [0, 0.1) is 5.41 Å². The van der Waals surface area contributed by atoms with Crippen LogP contribution in [0.2, 0.25) is 0 Å². The molecule has 9 nitrogen and oxygen atoms in total. The molecule has 0 aliphatic carbocycles. The van der Waals surface area contributed by atoms with Gasteiger partial charge in [0.05, 0.1) is 6.04 Å². The van der Waals surface area contributed by atoms with Crippen LogP contribution in [-0.2, 0) is 9.59 Å². The Morgan fingerprint density at radius 3 is 2.26 bits per heavy atom. The number of phenols is 1. The summed E-state index contributed by atoms with van der Waals surface area (Å²) in [5.41, 5.74) is 8.74. The van der Waals surface area contributed by atoms with Crippen molar-refractivity contribution in [2.24, 2.45) is 5.73 Å². The number of nitrogens with one attached hydrogen (secondary N) is 4. The first-order valence-corrected chi connectivity index (χ1v) is 14.3. The Balaban J connectivity index is 1.52. The van der Waals surface area contributed by atoms with Crippen LogP contribution in [0.3, 0.4) is 0 Å². The summed E-state index contributed by atoms with van der Waals surface area (Å²) in [6, 6.07) is 25.8. The van der Waals surface area contributed by atoms with Crippen LogP contribution in [0.4, 0.5) is 0 Å². The number of aromatic hydroxyl groups is 1. The lowest BCUT2D eigenvalue weighted by atomic mass is 9.90. The van der Waals surface area contributed by atoms with E-state index in [0.29, 0.717) is 32.5 Å². The molecule has 42 heavy (non-hydrogen) atoms. The molecule has 1 aliphatic heterocycles. The summed E-state index contributed by atoms with van der Waals surface area (Å²) in [6.45, 7) is 3.29. The number of guanidine groups is 1. The highest BCUT2D eigenvalue weighted by molar-refractivity contribution is 5.91. The van der Waals surface area contributed by atoms with Crippen molar-refractivity contribution in [3.63, 3.8) is 0 Å². The predicted octanol–water partition coefficient (Wildman–Crippen LogP) is 3.17. The summed E-state index contributed by atoms with van der Waals surface area (Å²) >= 11 is 0. The lowest BCUT2D eigenvalue weighted by molar-refractivity contribution is -0.133. The first-order chi connectivity index (χ1) is 20.3. The van der Waals surface area contributed by atoms with E-state index in [0.717, 1.165) is 16.7 Å². The molecule has 2 amide bonds. The Kier molecular flexibility index (Phi) is 10.7. The Hall–Kier alpha value is -4.63. The number of carbonyl (C=O) groups is 2. The molecule has 0 bridgehead atoms. The fourth-order valence-electron chi connectivity index (χ4n) is 5.31. The topological polar surface area (TPSA) is 144 Å². The lowest BCUT2D eigenvalue weighted by Gasteiger charge is -2.32. The second-order valence-corrected chi connectivity index (χ2v) is 10.5. The van der Waals surface area contributed by atoms with E-state index in [2.05, 4.69) is 40.2 Å². The molecule has 1 saturated heterocycles. The van der Waals surface area contributed by atoms with Crippen molar-refractivity contribution in [2.45, 2.75) is 43.8 Å². The monoisotopic (exact) mass is 568 g/mol. The van der Waals surface area contributed by atoms with Crippen LogP contribution < -0.4 is 21.7 Å². The number of hydrogen-bond acceptors (Lipinski definition) is 5. The maximum Gasteiger partial charge on any atom is 0.244 e. The van der Waals surface area contributed by atoms with E-state index < -0.39 is 12.1 Å². The number of carbonyl (C=O) groups excluding carboxylic acids is 2. The molecule has 220 valence electrons. The molecular formula is C33H40N6O3. The van der Waals surface area contributed by atoms with Crippen LogP contribution in [0.1, 0.15) is 42.4 Å². The Bertz CT molecular complexity index is 1310. The Labute approximate surface area is 247 Å². The summed E-state index contributed by atoms with van der Waals surface area (Å²) in [6.07, 6.45) is 4.35. The zero-order chi connectivity index (χ0) is 29.9. The van der Waals surface area contributed by atoms with Crippen LogP contribution in [0.15, 0.2) is 91.0 Å². The first-order valence-electron chi connectivity index (χ1n) is 14.3. The molecule has 3 atom stereocenters. The molecule has 7 N–H and O–H groups in total. The van der Waals surface area contributed by atoms with Gasteiger partial charge in [0.1, 0.15) is 11.8 Å². The zero-order valence-electron chi connectivity index (χ0n) is 23.9. The Morgan fingerprint density at radius 1 is 1.07 bits per heavy atom. The molecule has 4 rings (SSSR count). The predicted molar refractivity (Wildman–Crippen MR) is 166 cm³/mol. The van der Waals surface area contributed by atoms with Crippen LogP contribution in [0.5, 0.6) is 5.75 Å². The molecule has 3 aromatic carbocycles. The standard InChI is InChI=1S/C33H40N6O3/c1-2-29(38-33(34)35)31-32(42)39(22-28(24-9-5-3-6-10-24)25-11-7-4-8-12-25)20-19-26(37-31)21-36-30(41)18-15-23-13-16-27(40)17-14-23/h3-18,26,28-29,31,37,40H,2,19-22H2,1H3,(H,36,41)(H4,34,35,38)/b18-15+/t26-,29?,31-/m0/s1. The average molecular weight is 569 g/mol. The smallest absolute Gasteiger partial charge is 0.244 e. The first kappa shape index (κ1) is 30.3. The molecule has 1 unspecified atom stereocenters. The number of nitrogens with zero attached hydrogens (tertiary/aromatic N) is 1. The van der Waals surface area contributed by atoms with Crippen LogP contribution in [0.25, 0.3) is 6.08 Å². The van der Waals surface area contributed by atoms with Crippen LogP contribution >= 0.6 is 0 Å². The van der Waals surface area contributed by atoms with Gasteiger partial charge in [-0.25, -0.2) is 0 Å². The number of amides is 2. The summed E-state index contributed by atoms with van der Waals surface area (Å²) in [5, 5.41) is 26.6. The van der Waals surface area contributed by atoms with Crippen LogP contribution in [-0.4, -0.2) is 65.5 Å². The SMILES string of the molecule is CCC(NC(=N)N)[C@@H]1N[C@H](CNC(=O)/C=C/c2ccc(O)cc2)CCN(CC(c2ccccc2)c2ccccc2)C1=O. The van der Waals surface area contributed by atoms with Gasteiger partial charge in [0.2, 0.25) is 11.8 Å². The van der Waals surface area contributed by atoms with E-state index in [-0.39, 0.29) is 35.5 Å². The highest BCUT2D eigenvalue weighted by Crippen LogP contribution is 2.27. The van der Waals surface area contributed by atoms with E-state index >= 15 is 0 Å². The van der Waals surface area contributed by atoms with Crippen molar-refractivity contribution in [3.05, 3.63) is 108 Å². The molecule has 0 saturated carbocycles. The number of benzene rings is 3. The van der Waals surface area contributed by atoms with Gasteiger partial charge in [0, 0.05) is 37.7 Å². The molecule has 0 spiro atoms. The minimum absolute atomic E-state index is 0.0147. The van der Waals surface area contributed by atoms with Gasteiger partial charge >= 0.3 is 0 Å². The molecule has 1 aliphatic rings. The van der Waals surface area contributed by atoms with Crippen molar-refractivity contribution >= 4 is 23.8 Å². The van der Waals surface area contributed by atoms with E-state index in [9.17, 15) is 14.7 Å². The number of rotatable bonds is 11. The second kappa shape index (κ2) is 14.8. The summed E-state index contributed by atoms with van der Waals surface area (Å²) in [4.78, 5) is 28.6. The number of phenolic OH excluding ortho intramolecular Hbond substituents is 1. The van der Waals surface area contributed by atoms with E-state index in [4.69, 9.17) is 11.1 Å². The van der Waals surface area contributed by atoms with Gasteiger partial charge in [-0.1, -0.05) is 79.7 Å². The third-order valence-electron chi connectivity index (χ3n) is 7.57. The van der Waals surface area contributed by atoms with Gasteiger partial charge in [-0.05, 0) is 47.7 Å². The summed E-state index contributed by atoms with van der Waals surface area (Å²) in [7, 11) is 0. The summed E-state index contributed by atoms with van der Waals surface area (Å²) in [5.74, 6) is -0.357. The quantitative estimate of drug-likeness (QED) is 0.119. The molecule has 0 aromatic heterocycles. The van der Waals surface area contributed by atoms with Crippen molar-refractivity contribution in [2.75, 3.05) is 19.6 Å². The van der Waals surface area contributed by atoms with Gasteiger partial charge in [-0.2, -0.15) is 0 Å². The number of hydrogen-bond donors (Lipinski definition) is 6. The third kappa shape index (κ3) is 8.44. The number of nitrogens with two attached hydrogens (primary N) is 1. The third-order valence-corrected chi connectivity index (χ3v) is 7.57. The van der Waals surface area contributed by atoms with Gasteiger partial charge in [-0.15, -0.1) is 0 Å². The highest BCUT2D eigenvalue weighted by atomic mass is 16.3. The van der Waals surface area contributed by atoms with E-state index in [1.54, 1.807) is 30.3 Å². The van der Waals surface area contributed by atoms with E-state index in [1.165, 1.54) is 6.08 Å². The molecule has 9 heteroatoms. The van der Waals surface area contributed by atoms with Crippen molar-refractivity contribution in [3.8, 4) is 5.75 Å².